The summed E-state index contributed by atoms with van der Waals surface area (Å²) in [5.41, 5.74) is -0.349. The molecule has 0 aromatic rings. The van der Waals surface area contributed by atoms with Crippen molar-refractivity contribution in [2.75, 3.05) is 13.7 Å². The monoisotopic (exact) mass is 158 g/mol. The van der Waals surface area contributed by atoms with Gasteiger partial charge in [-0.3, -0.25) is 0 Å². The van der Waals surface area contributed by atoms with Crippen molar-refractivity contribution in [1.29, 1.82) is 0 Å². The van der Waals surface area contributed by atoms with E-state index in [0.717, 1.165) is 25.9 Å². The molecule has 2 atom stereocenters. The van der Waals surface area contributed by atoms with Gasteiger partial charge in [-0.15, -0.1) is 0 Å². The van der Waals surface area contributed by atoms with Crippen molar-refractivity contribution in [1.82, 2.24) is 0 Å². The van der Waals surface area contributed by atoms with Gasteiger partial charge in [0, 0.05) is 13.7 Å². The van der Waals surface area contributed by atoms with Gasteiger partial charge in [0.1, 0.15) is 0 Å². The second kappa shape index (κ2) is 3.55. The molecule has 1 aliphatic carbocycles. The van der Waals surface area contributed by atoms with Gasteiger partial charge in [-0.05, 0) is 31.6 Å². The quantitative estimate of drug-likeness (QED) is 0.629. The Hall–Kier alpha value is -0.0800. The van der Waals surface area contributed by atoms with Gasteiger partial charge < -0.3 is 9.84 Å². The third kappa shape index (κ3) is 1.94. The summed E-state index contributed by atoms with van der Waals surface area (Å²) in [6.07, 6.45) is 4.06. The number of aliphatic hydroxyl groups is 1. The minimum Gasteiger partial charge on any atom is -0.390 e. The fraction of sp³-hybridized carbons (Fsp3) is 1.00. The molecule has 11 heavy (non-hydrogen) atoms. The molecule has 0 aromatic heterocycles. The van der Waals surface area contributed by atoms with E-state index < -0.39 is 0 Å². The summed E-state index contributed by atoms with van der Waals surface area (Å²) in [5.74, 6) is 0.499. The Morgan fingerprint density at radius 1 is 1.64 bits per heavy atom. The maximum Gasteiger partial charge on any atom is 0.0674 e. The van der Waals surface area contributed by atoms with E-state index in [-0.39, 0.29) is 5.60 Å². The topological polar surface area (TPSA) is 29.5 Å². The van der Waals surface area contributed by atoms with Gasteiger partial charge >= 0.3 is 0 Å². The maximum atomic E-state index is 9.85. The molecule has 0 spiro atoms. The molecule has 0 saturated heterocycles. The van der Waals surface area contributed by atoms with Gasteiger partial charge in [-0.2, -0.15) is 0 Å². The highest BCUT2D eigenvalue weighted by Gasteiger charge is 2.41. The standard InChI is InChI=1S/C9H18O2/c1-8-4-6-9(8,10)5-3-7-11-2/h8,10H,3-7H2,1-2H3. The number of hydrogen-bond donors (Lipinski definition) is 1. The summed E-state index contributed by atoms with van der Waals surface area (Å²) in [6.45, 7) is 2.89. The highest BCUT2D eigenvalue weighted by Crippen LogP contribution is 2.41. The SMILES string of the molecule is COCCCC1(O)CCC1C. The lowest BCUT2D eigenvalue weighted by molar-refractivity contribution is -0.0954. The molecule has 0 heterocycles. The molecule has 1 aliphatic rings. The van der Waals surface area contributed by atoms with Crippen LogP contribution in [0.5, 0.6) is 0 Å². The number of methoxy groups -OCH3 is 1. The van der Waals surface area contributed by atoms with Gasteiger partial charge in [0.2, 0.25) is 0 Å². The number of rotatable bonds is 4. The largest absolute Gasteiger partial charge is 0.390 e. The molecule has 66 valence electrons. The maximum absolute atomic E-state index is 9.85. The zero-order valence-corrected chi connectivity index (χ0v) is 7.47. The van der Waals surface area contributed by atoms with Crippen molar-refractivity contribution < 1.29 is 9.84 Å². The number of hydrogen-bond acceptors (Lipinski definition) is 2. The van der Waals surface area contributed by atoms with Crippen LogP contribution in [-0.2, 0) is 4.74 Å². The number of ether oxygens (including phenoxy) is 1. The van der Waals surface area contributed by atoms with Crippen molar-refractivity contribution in [3.63, 3.8) is 0 Å². The fourth-order valence-corrected chi connectivity index (χ4v) is 1.66. The van der Waals surface area contributed by atoms with E-state index in [1.807, 2.05) is 0 Å². The van der Waals surface area contributed by atoms with Crippen LogP contribution < -0.4 is 0 Å². The van der Waals surface area contributed by atoms with Crippen LogP contribution in [0.25, 0.3) is 0 Å². The summed E-state index contributed by atoms with van der Waals surface area (Å²) < 4.78 is 4.93. The van der Waals surface area contributed by atoms with Gasteiger partial charge in [0.25, 0.3) is 0 Å². The first-order valence-electron chi connectivity index (χ1n) is 4.40. The Balaban J connectivity index is 2.14. The normalized spacial score (nSPS) is 36.8. The van der Waals surface area contributed by atoms with Crippen LogP contribution >= 0.6 is 0 Å². The Bertz CT molecular complexity index is 125. The third-order valence-electron chi connectivity index (χ3n) is 2.89. The Kier molecular flexibility index (Phi) is 2.90. The Labute approximate surface area is 68.6 Å². The van der Waals surface area contributed by atoms with Gasteiger partial charge in [-0.1, -0.05) is 6.92 Å². The smallest absolute Gasteiger partial charge is 0.0674 e. The minimum atomic E-state index is -0.349. The summed E-state index contributed by atoms with van der Waals surface area (Å²) in [4.78, 5) is 0. The Morgan fingerprint density at radius 2 is 2.36 bits per heavy atom. The first kappa shape index (κ1) is 9.01. The van der Waals surface area contributed by atoms with E-state index in [1.54, 1.807) is 7.11 Å². The first-order chi connectivity index (χ1) is 5.19. The van der Waals surface area contributed by atoms with E-state index in [2.05, 4.69) is 6.92 Å². The van der Waals surface area contributed by atoms with Crippen LogP contribution in [0.3, 0.4) is 0 Å². The van der Waals surface area contributed by atoms with Crippen LogP contribution in [0.2, 0.25) is 0 Å². The fourth-order valence-electron chi connectivity index (χ4n) is 1.66. The van der Waals surface area contributed by atoms with E-state index in [0.29, 0.717) is 5.92 Å². The van der Waals surface area contributed by atoms with Gasteiger partial charge in [0.05, 0.1) is 5.60 Å². The average Bonchev–Trinajstić information content (AvgIpc) is 2.02. The lowest BCUT2D eigenvalue weighted by Crippen LogP contribution is -2.45. The lowest BCUT2D eigenvalue weighted by atomic mass is 9.68. The first-order valence-corrected chi connectivity index (χ1v) is 4.40. The highest BCUT2D eigenvalue weighted by atomic mass is 16.5. The molecule has 1 saturated carbocycles. The van der Waals surface area contributed by atoms with Crippen LogP contribution in [0.4, 0.5) is 0 Å². The molecular formula is C9H18O2. The van der Waals surface area contributed by atoms with Crippen molar-refractivity contribution >= 4 is 0 Å². The highest BCUT2D eigenvalue weighted by molar-refractivity contribution is 4.93. The zero-order chi connectivity index (χ0) is 8.32. The average molecular weight is 158 g/mol. The molecule has 0 aliphatic heterocycles. The van der Waals surface area contributed by atoms with Gasteiger partial charge in [0.15, 0.2) is 0 Å². The molecule has 1 N–H and O–H groups in total. The molecule has 0 amide bonds. The van der Waals surface area contributed by atoms with Crippen LogP contribution in [0.15, 0.2) is 0 Å². The van der Waals surface area contributed by atoms with Crippen molar-refractivity contribution in [3.05, 3.63) is 0 Å². The van der Waals surface area contributed by atoms with Crippen LogP contribution in [-0.4, -0.2) is 24.4 Å². The molecule has 0 aromatic carbocycles. The molecule has 0 radical (unpaired) electrons. The molecule has 1 rings (SSSR count). The molecule has 0 bridgehead atoms. The molecular weight excluding hydrogens is 140 g/mol. The van der Waals surface area contributed by atoms with E-state index >= 15 is 0 Å². The minimum absolute atomic E-state index is 0.349. The second-order valence-corrected chi connectivity index (χ2v) is 3.64. The molecule has 2 heteroatoms. The van der Waals surface area contributed by atoms with E-state index in [4.69, 9.17) is 4.74 Å². The van der Waals surface area contributed by atoms with Crippen molar-refractivity contribution in [2.45, 2.75) is 38.2 Å². The third-order valence-corrected chi connectivity index (χ3v) is 2.89. The summed E-state index contributed by atoms with van der Waals surface area (Å²) in [6, 6.07) is 0. The molecule has 2 nitrogen and oxygen atoms in total. The Morgan fingerprint density at radius 3 is 2.73 bits per heavy atom. The summed E-state index contributed by atoms with van der Waals surface area (Å²) in [7, 11) is 1.70. The van der Waals surface area contributed by atoms with Crippen molar-refractivity contribution in [3.8, 4) is 0 Å². The molecule has 1 fully saturated rings. The van der Waals surface area contributed by atoms with E-state index in [1.165, 1.54) is 6.42 Å². The van der Waals surface area contributed by atoms with Crippen LogP contribution in [0, 0.1) is 5.92 Å². The van der Waals surface area contributed by atoms with Crippen LogP contribution in [0.1, 0.15) is 32.6 Å². The predicted molar refractivity (Wildman–Crippen MR) is 44.5 cm³/mol. The van der Waals surface area contributed by atoms with Gasteiger partial charge in [-0.25, -0.2) is 0 Å². The second-order valence-electron chi connectivity index (χ2n) is 3.64. The zero-order valence-electron chi connectivity index (χ0n) is 7.47. The predicted octanol–water partition coefficient (Wildman–Crippen LogP) is 1.57. The summed E-state index contributed by atoms with van der Waals surface area (Å²) in [5, 5.41) is 9.85. The van der Waals surface area contributed by atoms with Crippen molar-refractivity contribution in [2.24, 2.45) is 5.92 Å². The molecule has 2 unspecified atom stereocenters. The van der Waals surface area contributed by atoms with E-state index in [9.17, 15) is 5.11 Å². The lowest BCUT2D eigenvalue weighted by Gasteiger charge is -2.43. The summed E-state index contributed by atoms with van der Waals surface area (Å²) >= 11 is 0.